The molecule has 2 aromatic carbocycles. The molecular formula is C30H35Cl2N3O3. The fourth-order valence-electron chi connectivity index (χ4n) is 5.27. The molecule has 0 saturated carbocycles. The molecule has 0 N–H and O–H groups in total. The van der Waals surface area contributed by atoms with Gasteiger partial charge in [0, 0.05) is 40.0 Å². The monoisotopic (exact) mass is 555 g/mol. The van der Waals surface area contributed by atoms with Crippen molar-refractivity contribution in [1.29, 1.82) is 0 Å². The summed E-state index contributed by atoms with van der Waals surface area (Å²) >= 11 is 13.2. The number of hydrogen-bond donors (Lipinski definition) is 0. The maximum Gasteiger partial charge on any atom is 0.325 e. The van der Waals surface area contributed by atoms with Crippen LogP contribution in [-0.2, 0) is 29.5 Å². The maximum absolute atomic E-state index is 12.7. The predicted octanol–water partition coefficient (Wildman–Crippen LogP) is 7.47. The molecule has 2 aromatic heterocycles. The Morgan fingerprint density at radius 2 is 1.68 bits per heavy atom. The number of nitrogens with zero attached hydrogens (tertiary/aromatic N) is 3. The van der Waals surface area contributed by atoms with E-state index in [9.17, 15) is 4.79 Å². The average Bonchev–Trinajstić information content (AvgIpc) is 3.26. The number of benzene rings is 2. The molecule has 8 heteroatoms. The van der Waals surface area contributed by atoms with Crippen molar-refractivity contribution in [2.45, 2.75) is 60.9 Å². The zero-order valence-electron chi connectivity index (χ0n) is 23.2. The van der Waals surface area contributed by atoms with E-state index in [0.717, 1.165) is 73.9 Å². The van der Waals surface area contributed by atoms with Crippen molar-refractivity contribution >= 4 is 40.1 Å². The zero-order valence-corrected chi connectivity index (χ0v) is 24.7. The Bertz CT molecular complexity index is 1490. The van der Waals surface area contributed by atoms with Gasteiger partial charge in [0.15, 0.2) is 0 Å². The van der Waals surface area contributed by atoms with Gasteiger partial charge in [-0.05, 0) is 89.3 Å². The van der Waals surface area contributed by atoms with E-state index in [-0.39, 0.29) is 12.5 Å². The van der Waals surface area contributed by atoms with Crippen molar-refractivity contribution in [2.24, 2.45) is 7.05 Å². The van der Waals surface area contributed by atoms with Crippen molar-refractivity contribution in [3.8, 4) is 16.9 Å². The van der Waals surface area contributed by atoms with Gasteiger partial charge < -0.3 is 14.0 Å². The average molecular weight is 557 g/mol. The molecule has 0 atom stereocenters. The smallest absolute Gasteiger partial charge is 0.325 e. The highest BCUT2D eigenvalue weighted by Gasteiger charge is 2.24. The fraction of sp³-hybridized carbons (Fsp3) is 0.400. The molecule has 38 heavy (non-hydrogen) atoms. The van der Waals surface area contributed by atoms with Crippen molar-refractivity contribution in [3.63, 3.8) is 0 Å². The highest BCUT2D eigenvalue weighted by molar-refractivity contribution is 6.35. The summed E-state index contributed by atoms with van der Waals surface area (Å²) in [6.07, 6.45) is 1.60. The molecule has 4 aromatic rings. The molecular weight excluding hydrogens is 521 g/mol. The Morgan fingerprint density at radius 1 is 1.00 bits per heavy atom. The van der Waals surface area contributed by atoms with Gasteiger partial charge in [-0.3, -0.25) is 9.48 Å². The number of aromatic nitrogens is 3. The predicted molar refractivity (Wildman–Crippen MR) is 155 cm³/mol. The van der Waals surface area contributed by atoms with Crippen LogP contribution in [0.25, 0.3) is 22.0 Å². The number of carbonyl (C=O) groups excluding carboxylic acids is 1. The van der Waals surface area contributed by atoms with Gasteiger partial charge in [0.25, 0.3) is 0 Å². The number of aryl methyl sites for hydroxylation is 5. The molecule has 0 spiro atoms. The van der Waals surface area contributed by atoms with Crippen molar-refractivity contribution in [3.05, 3.63) is 68.1 Å². The van der Waals surface area contributed by atoms with Crippen LogP contribution in [-0.4, -0.2) is 33.5 Å². The highest BCUT2D eigenvalue weighted by atomic mass is 35.5. The summed E-state index contributed by atoms with van der Waals surface area (Å²) in [7, 11) is 1.93. The molecule has 0 bridgehead atoms. The van der Waals surface area contributed by atoms with Crippen LogP contribution in [0.15, 0.2) is 24.3 Å². The third-order valence-corrected chi connectivity index (χ3v) is 8.08. The summed E-state index contributed by atoms with van der Waals surface area (Å²) in [5.74, 6) is 0.545. The fourth-order valence-corrected chi connectivity index (χ4v) is 5.62. The number of carbonyl (C=O) groups is 1. The first kappa shape index (κ1) is 28.1. The molecule has 2 heterocycles. The first-order chi connectivity index (χ1) is 18.0. The van der Waals surface area contributed by atoms with Gasteiger partial charge in [0.05, 0.1) is 29.4 Å². The lowest BCUT2D eigenvalue weighted by Gasteiger charge is -2.13. The molecule has 0 aliphatic rings. The number of hydrogen-bond acceptors (Lipinski definition) is 4. The van der Waals surface area contributed by atoms with Crippen molar-refractivity contribution in [2.75, 3.05) is 13.2 Å². The normalized spacial score (nSPS) is 11.4. The molecule has 202 valence electrons. The first-order valence-corrected chi connectivity index (χ1v) is 13.7. The minimum absolute atomic E-state index is 0.113. The molecule has 6 nitrogen and oxygen atoms in total. The van der Waals surface area contributed by atoms with E-state index in [1.165, 1.54) is 5.56 Å². The van der Waals surface area contributed by atoms with Gasteiger partial charge in [0.1, 0.15) is 12.3 Å². The zero-order chi connectivity index (χ0) is 27.7. The molecule has 0 radical (unpaired) electrons. The van der Waals surface area contributed by atoms with Crippen molar-refractivity contribution < 1.29 is 14.3 Å². The Hall–Kier alpha value is -2.96. The third-order valence-electron chi connectivity index (χ3n) is 7.17. The topological polar surface area (TPSA) is 58.3 Å². The number of esters is 1. The Labute approximate surface area is 234 Å². The van der Waals surface area contributed by atoms with Gasteiger partial charge in [-0.2, -0.15) is 5.10 Å². The molecule has 0 aliphatic carbocycles. The summed E-state index contributed by atoms with van der Waals surface area (Å²) in [5, 5.41) is 7.10. The minimum atomic E-state index is -0.276. The number of fused-ring (bicyclic) bond motifs is 1. The lowest BCUT2D eigenvalue weighted by Crippen LogP contribution is -2.15. The van der Waals surface area contributed by atoms with Gasteiger partial charge in [-0.15, -0.1) is 0 Å². The Kier molecular flexibility index (Phi) is 8.43. The molecule has 0 aliphatic heterocycles. The van der Waals surface area contributed by atoms with Gasteiger partial charge >= 0.3 is 5.97 Å². The van der Waals surface area contributed by atoms with Crippen LogP contribution in [0.3, 0.4) is 0 Å². The summed E-state index contributed by atoms with van der Waals surface area (Å²) in [4.78, 5) is 12.7. The summed E-state index contributed by atoms with van der Waals surface area (Å²) < 4.78 is 15.3. The Balaban J connectivity index is 1.74. The van der Waals surface area contributed by atoms with E-state index in [0.29, 0.717) is 18.2 Å². The molecule has 0 unspecified atom stereocenters. The second-order valence-corrected chi connectivity index (χ2v) is 10.6. The SMILES string of the molecule is CCOC(=O)Cn1c(C)c(CCCOc2cc(C)c(Cl)c(C)c2)c2ccc(Cl)c(-c3c(C)nn(C)c3C)c21. The molecule has 0 saturated heterocycles. The molecule has 0 fully saturated rings. The summed E-state index contributed by atoms with van der Waals surface area (Å²) in [6, 6.07) is 7.94. The van der Waals surface area contributed by atoms with E-state index in [1.54, 1.807) is 0 Å². The van der Waals surface area contributed by atoms with E-state index >= 15 is 0 Å². The van der Waals surface area contributed by atoms with Gasteiger partial charge in [-0.1, -0.05) is 29.3 Å². The van der Waals surface area contributed by atoms with Crippen LogP contribution in [0.2, 0.25) is 10.0 Å². The minimum Gasteiger partial charge on any atom is -0.494 e. The van der Waals surface area contributed by atoms with E-state index in [1.807, 2.05) is 69.1 Å². The lowest BCUT2D eigenvalue weighted by atomic mass is 9.98. The van der Waals surface area contributed by atoms with E-state index in [4.69, 9.17) is 32.7 Å². The number of ether oxygens (including phenoxy) is 2. The molecule has 4 rings (SSSR count). The van der Waals surface area contributed by atoms with Crippen LogP contribution >= 0.6 is 23.2 Å². The van der Waals surface area contributed by atoms with Gasteiger partial charge in [-0.25, -0.2) is 0 Å². The number of halogens is 2. The highest BCUT2D eigenvalue weighted by Crippen LogP contribution is 2.41. The second-order valence-electron chi connectivity index (χ2n) is 9.77. The van der Waals surface area contributed by atoms with Crippen molar-refractivity contribution in [1.82, 2.24) is 14.3 Å². The van der Waals surface area contributed by atoms with Crippen LogP contribution in [0.4, 0.5) is 0 Å². The lowest BCUT2D eigenvalue weighted by molar-refractivity contribution is -0.143. The third kappa shape index (κ3) is 5.29. The standard InChI is InChI=1S/C30H35Cl2N3O3/c1-8-37-26(36)16-35-20(5)23(10-9-13-38-22-14-17(2)29(32)18(3)15-22)24-11-12-25(31)28(30(24)35)27-19(4)33-34(7)21(27)6/h11-12,14-15H,8-10,13,16H2,1-7H3. The second kappa shape index (κ2) is 11.4. The van der Waals surface area contributed by atoms with E-state index in [2.05, 4.69) is 18.1 Å². The Morgan fingerprint density at radius 3 is 2.29 bits per heavy atom. The van der Waals surface area contributed by atoms with E-state index < -0.39 is 0 Å². The first-order valence-electron chi connectivity index (χ1n) is 12.9. The van der Waals surface area contributed by atoms with Crippen LogP contribution in [0.5, 0.6) is 5.75 Å². The largest absolute Gasteiger partial charge is 0.494 e. The number of rotatable bonds is 9. The quantitative estimate of drug-likeness (QED) is 0.159. The maximum atomic E-state index is 12.7. The van der Waals surface area contributed by atoms with Crippen LogP contribution in [0, 0.1) is 34.6 Å². The molecule has 0 amide bonds. The van der Waals surface area contributed by atoms with Crippen LogP contribution in [0.1, 0.15) is 47.1 Å². The summed E-state index contributed by atoms with van der Waals surface area (Å²) in [6.45, 7) is 12.9. The van der Waals surface area contributed by atoms with Crippen LogP contribution < -0.4 is 4.74 Å². The van der Waals surface area contributed by atoms with Gasteiger partial charge in [0.2, 0.25) is 0 Å². The summed E-state index contributed by atoms with van der Waals surface area (Å²) in [5.41, 5.74) is 8.94.